The zero-order chi connectivity index (χ0) is 8.10. The van der Waals surface area contributed by atoms with Crippen molar-refractivity contribution in [3.8, 4) is 0 Å². The van der Waals surface area contributed by atoms with Gasteiger partial charge in [-0.25, -0.2) is 0 Å². The van der Waals surface area contributed by atoms with Crippen molar-refractivity contribution in [1.82, 2.24) is 4.98 Å². The fourth-order valence-electron chi connectivity index (χ4n) is 0.798. The maximum Gasteiger partial charge on any atom is 0.120 e. The Hall–Kier alpha value is -0.700. The number of carbonyl (C=O) groups is 1. The van der Waals surface area contributed by atoms with Crippen molar-refractivity contribution in [3.05, 3.63) is 28.5 Å². The second-order valence-corrected chi connectivity index (χ2v) is 2.99. The molecule has 0 N–H and O–H groups in total. The molecule has 2 nitrogen and oxygen atoms in total. The summed E-state index contributed by atoms with van der Waals surface area (Å²) in [5.74, 6) is 0. The minimum absolute atomic E-state index is 0.537. The fraction of sp³-hybridized carbons (Fsp3) is 0.250. The van der Waals surface area contributed by atoms with E-state index in [1.165, 1.54) is 0 Å². The molecule has 58 valence electrons. The zero-order valence-corrected chi connectivity index (χ0v) is 7.54. The summed E-state index contributed by atoms with van der Waals surface area (Å²) in [5.41, 5.74) is 0.944. The lowest BCUT2D eigenvalue weighted by molar-refractivity contribution is -0.107. The molecule has 0 spiro atoms. The SMILES string of the molecule is O=CCCc1ncccc1Br. The van der Waals surface area contributed by atoms with Crippen molar-refractivity contribution in [1.29, 1.82) is 0 Å². The lowest BCUT2D eigenvalue weighted by Gasteiger charge is -1.97. The first-order valence-electron chi connectivity index (χ1n) is 3.37. The van der Waals surface area contributed by atoms with Gasteiger partial charge in [-0.15, -0.1) is 0 Å². The highest BCUT2D eigenvalue weighted by Gasteiger charge is 1.97. The largest absolute Gasteiger partial charge is 0.303 e. The van der Waals surface area contributed by atoms with Crippen LogP contribution in [-0.2, 0) is 11.2 Å². The van der Waals surface area contributed by atoms with Crippen molar-refractivity contribution in [2.75, 3.05) is 0 Å². The van der Waals surface area contributed by atoms with E-state index in [0.717, 1.165) is 16.5 Å². The van der Waals surface area contributed by atoms with E-state index in [1.807, 2.05) is 12.1 Å². The van der Waals surface area contributed by atoms with E-state index in [2.05, 4.69) is 20.9 Å². The number of carbonyl (C=O) groups excluding carboxylic acids is 1. The van der Waals surface area contributed by atoms with Crippen LogP contribution in [0.2, 0.25) is 0 Å². The predicted octanol–water partition coefficient (Wildman–Crippen LogP) is 1.98. The number of aryl methyl sites for hydroxylation is 1. The molecule has 1 aromatic rings. The van der Waals surface area contributed by atoms with Gasteiger partial charge in [-0.2, -0.15) is 0 Å². The normalized spacial score (nSPS) is 9.55. The van der Waals surface area contributed by atoms with E-state index in [0.29, 0.717) is 12.8 Å². The number of aromatic nitrogens is 1. The highest BCUT2D eigenvalue weighted by atomic mass is 79.9. The summed E-state index contributed by atoms with van der Waals surface area (Å²) in [6.07, 6.45) is 3.88. The minimum atomic E-state index is 0.537. The van der Waals surface area contributed by atoms with Crippen LogP contribution in [0.25, 0.3) is 0 Å². The highest BCUT2D eigenvalue weighted by Crippen LogP contribution is 2.13. The van der Waals surface area contributed by atoms with Crippen LogP contribution < -0.4 is 0 Å². The quantitative estimate of drug-likeness (QED) is 0.720. The van der Waals surface area contributed by atoms with Crippen LogP contribution in [0.4, 0.5) is 0 Å². The fourth-order valence-corrected chi connectivity index (χ4v) is 1.25. The number of nitrogens with zero attached hydrogens (tertiary/aromatic N) is 1. The van der Waals surface area contributed by atoms with Gasteiger partial charge in [0.05, 0.1) is 5.69 Å². The number of aldehydes is 1. The van der Waals surface area contributed by atoms with Crippen molar-refractivity contribution in [2.24, 2.45) is 0 Å². The van der Waals surface area contributed by atoms with Gasteiger partial charge in [0.15, 0.2) is 0 Å². The number of pyridine rings is 1. The number of rotatable bonds is 3. The van der Waals surface area contributed by atoms with Gasteiger partial charge in [0.25, 0.3) is 0 Å². The van der Waals surface area contributed by atoms with Crippen molar-refractivity contribution < 1.29 is 4.79 Å². The first-order valence-corrected chi connectivity index (χ1v) is 4.17. The lowest BCUT2D eigenvalue weighted by Crippen LogP contribution is -1.90. The Morgan fingerprint density at radius 2 is 2.45 bits per heavy atom. The molecule has 0 fully saturated rings. The molecule has 1 rings (SSSR count). The summed E-state index contributed by atoms with van der Waals surface area (Å²) < 4.78 is 0.974. The summed E-state index contributed by atoms with van der Waals surface area (Å²) in [6.45, 7) is 0. The monoisotopic (exact) mass is 213 g/mol. The molecule has 0 radical (unpaired) electrons. The number of hydrogen-bond acceptors (Lipinski definition) is 2. The number of hydrogen-bond donors (Lipinski definition) is 0. The summed E-state index contributed by atoms with van der Waals surface area (Å²) in [7, 11) is 0. The van der Waals surface area contributed by atoms with Crippen LogP contribution in [-0.4, -0.2) is 11.3 Å². The lowest BCUT2D eigenvalue weighted by atomic mass is 10.2. The zero-order valence-electron chi connectivity index (χ0n) is 5.96. The average Bonchev–Trinajstić information content (AvgIpc) is 2.03. The minimum Gasteiger partial charge on any atom is -0.303 e. The average molecular weight is 214 g/mol. The first kappa shape index (κ1) is 8.40. The highest BCUT2D eigenvalue weighted by molar-refractivity contribution is 9.10. The first-order chi connectivity index (χ1) is 5.34. The van der Waals surface area contributed by atoms with E-state index in [9.17, 15) is 4.79 Å². The van der Waals surface area contributed by atoms with Crippen molar-refractivity contribution >= 4 is 22.2 Å². The molecular formula is C8H8BrNO. The Balaban J connectivity index is 2.69. The van der Waals surface area contributed by atoms with Gasteiger partial charge in [-0.3, -0.25) is 4.98 Å². The third-order valence-electron chi connectivity index (χ3n) is 1.33. The standard InChI is InChI=1S/C8H8BrNO/c9-7-3-1-5-10-8(7)4-2-6-11/h1,3,5-6H,2,4H2. The molecule has 0 aromatic carbocycles. The molecule has 1 aromatic heterocycles. The molecule has 1 heterocycles. The summed E-state index contributed by atoms with van der Waals surface area (Å²) in [5, 5.41) is 0. The van der Waals surface area contributed by atoms with Gasteiger partial charge in [0.1, 0.15) is 6.29 Å². The topological polar surface area (TPSA) is 30.0 Å². The molecule has 3 heteroatoms. The second-order valence-electron chi connectivity index (χ2n) is 2.14. The molecule has 0 unspecified atom stereocenters. The van der Waals surface area contributed by atoms with Gasteiger partial charge in [-0.1, -0.05) is 0 Å². The van der Waals surface area contributed by atoms with Crippen molar-refractivity contribution in [3.63, 3.8) is 0 Å². The Morgan fingerprint density at radius 3 is 3.09 bits per heavy atom. The van der Waals surface area contributed by atoms with Gasteiger partial charge >= 0.3 is 0 Å². The van der Waals surface area contributed by atoms with Crippen LogP contribution in [0.1, 0.15) is 12.1 Å². The Labute approximate surface area is 73.8 Å². The van der Waals surface area contributed by atoms with Gasteiger partial charge in [-0.05, 0) is 34.5 Å². The van der Waals surface area contributed by atoms with Crippen LogP contribution in [0, 0.1) is 0 Å². The van der Waals surface area contributed by atoms with E-state index >= 15 is 0 Å². The van der Waals surface area contributed by atoms with Crippen LogP contribution in [0.3, 0.4) is 0 Å². The molecule has 0 saturated heterocycles. The molecule has 0 amide bonds. The van der Waals surface area contributed by atoms with E-state index in [1.54, 1.807) is 6.20 Å². The molecule has 0 aliphatic carbocycles. The van der Waals surface area contributed by atoms with Crippen molar-refractivity contribution in [2.45, 2.75) is 12.8 Å². The molecule has 0 saturated carbocycles. The van der Waals surface area contributed by atoms with E-state index in [-0.39, 0.29) is 0 Å². The third-order valence-corrected chi connectivity index (χ3v) is 2.06. The van der Waals surface area contributed by atoms with Gasteiger partial charge in [0, 0.05) is 17.1 Å². The summed E-state index contributed by atoms with van der Waals surface area (Å²) >= 11 is 3.35. The Bertz CT molecular complexity index is 250. The molecule has 0 atom stereocenters. The molecule has 0 aliphatic heterocycles. The maximum atomic E-state index is 10.0. The second kappa shape index (κ2) is 4.23. The smallest absolute Gasteiger partial charge is 0.120 e. The summed E-state index contributed by atoms with van der Waals surface area (Å²) in [6, 6.07) is 3.78. The van der Waals surface area contributed by atoms with E-state index in [4.69, 9.17) is 0 Å². The molecule has 0 aliphatic rings. The molecule has 11 heavy (non-hydrogen) atoms. The van der Waals surface area contributed by atoms with Gasteiger partial charge in [0.2, 0.25) is 0 Å². The molecular weight excluding hydrogens is 206 g/mol. The van der Waals surface area contributed by atoms with E-state index < -0.39 is 0 Å². The Kier molecular flexibility index (Phi) is 3.23. The Morgan fingerprint density at radius 1 is 1.64 bits per heavy atom. The predicted molar refractivity (Wildman–Crippen MR) is 46.3 cm³/mol. The van der Waals surface area contributed by atoms with Crippen LogP contribution in [0.5, 0.6) is 0 Å². The van der Waals surface area contributed by atoms with Gasteiger partial charge < -0.3 is 4.79 Å². The van der Waals surface area contributed by atoms with Crippen LogP contribution >= 0.6 is 15.9 Å². The number of halogens is 1. The summed E-state index contributed by atoms with van der Waals surface area (Å²) in [4.78, 5) is 14.2. The maximum absolute atomic E-state index is 10.0. The third kappa shape index (κ3) is 2.42. The van der Waals surface area contributed by atoms with Crippen LogP contribution in [0.15, 0.2) is 22.8 Å². The molecule has 0 bridgehead atoms.